The van der Waals surface area contributed by atoms with E-state index < -0.39 is 5.91 Å². The van der Waals surface area contributed by atoms with Crippen LogP contribution < -0.4 is 5.32 Å². The second kappa shape index (κ2) is 6.03. The molecule has 0 atom stereocenters. The normalized spacial score (nSPS) is 9.44. The molecule has 2 amide bonds. The van der Waals surface area contributed by atoms with E-state index in [4.69, 9.17) is 16.9 Å². The Balaban J connectivity index is 3.08. The maximum absolute atomic E-state index is 11.9. The van der Waals surface area contributed by atoms with E-state index in [1.807, 2.05) is 0 Å². The fourth-order valence-electron chi connectivity index (χ4n) is 1.31. The zero-order valence-electron chi connectivity index (χ0n) is 10.0. The van der Waals surface area contributed by atoms with Gasteiger partial charge in [0.2, 0.25) is 5.91 Å². The summed E-state index contributed by atoms with van der Waals surface area (Å²) in [6, 6.07) is 6.32. The molecule has 0 aliphatic carbocycles. The number of anilines is 1. The number of rotatable bonds is 3. The quantitative estimate of drug-likeness (QED) is 0.907. The van der Waals surface area contributed by atoms with Crippen LogP contribution in [0.3, 0.4) is 0 Å². The van der Waals surface area contributed by atoms with Gasteiger partial charge in [0, 0.05) is 19.1 Å². The first-order chi connectivity index (χ1) is 8.45. The van der Waals surface area contributed by atoms with Gasteiger partial charge in [-0.05, 0) is 18.2 Å². The fourth-order valence-corrected chi connectivity index (χ4v) is 1.48. The minimum absolute atomic E-state index is 0.266. The number of nitrogens with one attached hydrogen (secondary N) is 1. The van der Waals surface area contributed by atoms with Gasteiger partial charge in [-0.2, -0.15) is 5.26 Å². The van der Waals surface area contributed by atoms with Crippen molar-refractivity contribution in [3.8, 4) is 6.07 Å². The van der Waals surface area contributed by atoms with E-state index in [-0.39, 0.29) is 12.3 Å². The Morgan fingerprint density at radius 2 is 2.11 bits per heavy atom. The van der Waals surface area contributed by atoms with Crippen molar-refractivity contribution in [3.05, 3.63) is 28.8 Å². The molecule has 0 unspecified atom stereocenters. The summed E-state index contributed by atoms with van der Waals surface area (Å²) in [5, 5.41) is 11.3. The Kier molecular flexibility index (Phi) is 4.69. The minimum Gasteiger partial charge on any atom is -0.345 e. The summed E-state index contributed by atoms with van der Waals surface area (Å²) in [5.74, 6) is -0.739. The smallest absolute Gasteiger partial charge is 0.255 e. The number of nitriles is 1. The molecule has 6 heteroatoms. The Bertz CT molecular complexity index is 521. The average Bonchev–Trinajstić information content (AvgIpc) is 2.30. The zero-order chi connectivity index (χ0) is 13.7. The van der Waals surface area contributed by atoms with Crippen LogP contribution in [0.1, 0.15) is 16.8 Å². The molecule has 18 heavy (non-hydrogen) atoms. The second-order valence-electron chi connectivity index (χ2n) is 3.77. The Labute approximate surface area is 110 Å². The highest BCUT2D eigenvalue weighted by Gasteiger charge is 2.15. The summed E-state index contributed by atoms with van der Waals surface area (Å²) in [7, 11) is 3.20. The number of amides is 2. The number of carbonyl (C=O) groups excluding carboxylic acids is 2. The standard InChI is InChI=1S/C12H12ClN3O2/c1-16(2)12(18)9-7-8(13)3-4-10(9)15-11(17)5-6-14/h3-4,7H,5H2,1-2H3,(H,15,17). The van der Waals surface area contributed by atoms with Crippen LogP contribution in [0.15, 0.2) is 18.2 Å². The van der Waals surface area contributed by atoms with E-state index in [1.165, 1.54) is 17.0 Å². The van der Waals surface area contributed by atoms with Gasteiger partial charge >= 0.3 is 0 Å². The predicted octanol–water partition coefficient (Wildman–Crippen LogP) is 1.89. The van der Waals surface area contributed by atoms with E-state index in [9.17, 15) is 9.59 Å². The average molecular weight is 266 g/mol. The van der Waals surface area contributed by atoms with Crippen LogP contribution in [0.25, 0.3) is 0 Å². The minimum atomic E-state index is -0.465. The number of benzene rings is 1. The summed E-state index contributed by atoms with van der Waals surface area (Å²) >= 11 is 5.83. The van der Waals surface area contributed by atoms with Gasteiger partial charge in [0.05, 0.1) is 17.3 Å². The van der Waals surface area contributed by atoms with Gasteiger partial charge in [-0.1, -0.05) is 11.6 Å². The van der Waals surface area contributed by atoms with E-state index in [0.717, 1.165) is 0 Å². The van der Waals surface area contributed by atoms with Crippen molar-refractivity contribution in [2.75, 3.05) is 19.4 Å². The molecule has 0 saturated heterocycles. The summed E-state index contributed by atoms with van der Waals surface area (Å²) < 4.78 is 0. The third-order valence-electron chi connectivity index (χ3n) is 2.13. The number of nitrogens with zero attached hydrogens (tertiary/aromatic N) is 2. The van der Waals surface area contributed by atoms with E-state index in [1.54, 1.807) is 26.2 Å². The molecule has 1 aromatic carbocycles. The SMILES string of the molecule is CN(C)C(=O)c1cc(Cl)ccc1NC(=O)CC#N. The van der Waals surface area contributed by atoms with Crippen molar-refractivity contribution >= 4 is 29.1 Å². The van der Waals surface area contributed by atoms with Crippen LogP contribution in [-0.4, -0.2) is 30.8 Å². The molecular formula is C12H12ClN3O2. The van der Waals surface area contributed by atoms with E-state index >= 15 is 0 Å². The zero-order valence-corrected chi connectivity index (χ0v) is 10.8. The van der Waals surface area contributed by atoms with E-state index in [0.29, 0.717) is 16.3 Å². The molecule has 0 spiro atoms. The molecule has 94 valence electrons. The van der Waals surface area contributed by atoms with Crippen LogP contribution in [0, 0.1) is 11.3 Å². The Hall–Kier alpha value is -2.06. The van der Waals surface area contributed by atoms with Crippen LogP contribution in [0.5, 0.6) is 0 Å². The van der Waals surface area contributed by atoms with Crippen molar-refractivity contribution in [1.82, 2.24) is 4.90 Å². The third kappa shape index (κ3) is 3.47. The molecule has 0 bridgehead atoms. The Morgan fingerprint density at radius 1 is 1.44 bits per heavy atom. The lowest BCUT2D eigenvalue weighted by molar-refractivity contribution is -0.115. The lowest BCUT2D eigenvalue weighted by Gasteiger charge is -2.14. The second-order valence-corrected chi connectivity index (χ2v) is 4.21. The number of carbonyl (C=O) groups is 2. The van der Waals surface area contributed by atoms with Gasteiger partial charge in [0.25, 0.3) is 5.91 Å². The van der Waals surface area contributed by atoms with Gasteiger partial charge in [0.15, 0.2) is 0 Å². The molecule has 1 N–H and O–H groups in total. The molecule has 0 fully saturated rings. The molecule has 0 radical (unpaired) electrons. The topological polar surface area (TPSA) is 73.2 Å². The van der Waals surface area contributed by atoms with Gasteiger partial charge in [-0.3, -0.25) is 9.59 Å². The molecule has 0 heterocycles. The van der Waals surface area contributed by atoms with E-state index in [2.05, 4.69) is 5.32 Å². The summed E-state index contributed by atoms with van der Waals surface area (Å²) in [4.78, 5) is 24.6. The molecule has 1 aromatic rings. The lowest BCUT2D eigenvalue weighted by atomic mass is 10.1. The van der Waals surface area contributed by atoms with Gasteiger partial charge < -0.3 is 10.2 Å². The number of hydrogen-bond donors (Lipinski definition) is 1. The highest BCUT2D eigenvalue weighted by molar-refractivity contribution is 6.31. The largest absolute Gasteiger partial charge is 0.345 e. The van der Waals surface area contributed by atoms with Crippen LogP contribution in [0.4, 0.5) is 5.69 Å². The first-order valence-electron chi connectivity index (χ1n) is 5.13. The summed E-state index contributed by atoms with van der Waals surface area (Å²) in [5.41, 5.74) is 0.636. The van der Waals surface area contributed by atoms with Crippen molar-refractivity contribution in [1.29, 1.82) is 5.26 Å². The van der Waals surface area contributed by atoms with Crippen molar-refractivity contribution < 1.29 is 9.59 Å². The van der Waals surface area contributed by atoms with Gasteiger partial charge in [0.1, 0.15) is 6.42 Å². The first-order valence-corrected chi connectivity index (χ1v) is 5.51. The molecule has 0 aliphatic heterocycles. The first kappa shape index (κ1) is 14.0. The van der Waals surface area contributed by atoms with Crippen molar-refractivity contribution in [2.24, 2.45) is 0 Å². The molecular weight excluding hydrogens is 254 g/mol. The molecule has 1 rings (SSSR count). The van der Waals surface area contributed by atoms with Crippen LogP contribution in [-0.2, 0) is 4.79 Å². The molecule has 0 aliphatic rings. The highest BCUT2D eigenvalue weighted by Crippen LogP contribution is 2.22. The third-order valence-corrected chi connectivity index (χ3v) is 2.37. The number of hydrogen-bond acceptors (Lipinski definition) is 3. The van der Waals surface area contributed by atoms with Crippen molar-refractivity contribution in [2.45, 2.75) is 6.42 Å². The lowest BCUT2D eigenvalue weighted by Crippen LogP contribution is -2.24. The maximum Gasteiger partial charge on any atom is 0.255 e. The summed E-state index contributed by atoms with van der Waals surface area (Å²) in [6.45, 7) is 0. The molecule has 5 nitrogen and oxygen atoms in total. The fraction of sp³-hybridized carbons (Fsp3) is 0.250. The summed E-state index contributed by atoms with van der Waals surface area (Å²) in [6.07, 6.45) is -0.266. The predicted molar refractivity (Wildman–Crippen MR) is 68.3 cm³/mol. The highest BCUT2D eigenvalue weighted by atomic mass is 35.5. The molecule has 0 aromatic heterocycles. The molecule has 0 saturated carbocycles. The van der Waals surface area contributed by atoms with Gasteiger partial charge in [-0.25, -0.2) is 0 Å². The van der Waals surface area contributed by atoms with Crippen LogP contribution in [0.2, 0.25) is 5.02 Å². The maximum atomic E-state index is 11.9. The Morgan fingerprint density at radius 3 is 2.67 bits per heavy atom. The number of halogens is 1. The van der Waals surface area contributed by atoms with Crippen LogP contribution >= 0.6 is 11.6 Å². The van der Waals surface area contributed by atoms with Gasteiger partial charge in [-0.15, -0.1) is 0 Å². The monoisotopic (exact) mass is 265 g/mol. The van der Waals surface area contributed by atoms with Crippen molar-refractivity contribution in [3.63, 3.8) is 0 Å².